The highest BCUT2D eigenvalue weighted by Gasteiger charge is 2.15. The molecule has 0 radical (unpaired) electrons. The number of nitrogens with one attached hydrogen (secondary N) is 1. The molecule has 2 aromatic rings. The van der Waals surface area contributed by atoms with E-state index in [0.717, 1.165) is 5.56 Å². The number of rotatable bonds is 5. The predicted molar refractivity (Wildman–Crippen MR) is 77.8 cm³/mol. The molecule has 0 aliphatic heterocycles. The van der Waals surface area contributed by atoms with Crippen LogP contribution in [0, 0.1) is 11.3 Å². The Morgan fingerprint density at radius 3 is 3.00 bits per heavy atom. The Morgan fingerprint density at radius 2 is 2.35 bits per heavy atom. The fraction of sp³-hybridized carbons (Fsp3) is 0.200. The minimum absolute atomic E-state index is 0.288. The summed E-state index contributed by atoms with van der Waals surface area (Å²) in [7, 11) is 0. The van der Waals surface area contributed by atoms with Gasteiger partial charge in [0.2, 0.25) is 0 Å². The Balaban J connectivity index is 2.11. The number of thiophene rings is 1. The van der Waals surface area contributed by atoms with Gasteiger partial charge in [0.15, 0.2) is 0 Å². The SMILES string of the molecule is CCOc1cccc(C(=O)N[C@H](C#N)c2ccsc2)c1. The molecular weight excluding hydrogens is 272 g/mol. The summed E-state index contributed by atoms with van der Waals surface area (Å²) >= 11 is 1.49. The van der Waals surface area contributed by atoms with E-state index in [4.69, 9.17) is 10.00 Å². The van der Waals surface area contributed by atoms with Crippen molar-refractivity contribution >= 4 is 17.2 Å². The molecule has 0 fully saturated rings. The van der Waals surface area contributed by atoms with Crippen molar-refractivity contribution in [1.82, 2.24) is 5.32 Å². The molecule has 0 spiro atoms. The van der Waals surface area contributed by atoms with Gasteiger partial charge in [-0.25, -0.2) is 0 Å². The van der Waals surface area contributed by atoms with Gasteiger partial charge in [-0.15, -0.1) is 0 Å². The fourth-order valence-corrected chi connectivity index (χ4v) is 2.42. The van der Waals surface area contributed by atoms with Crippen molar-refractivity contribution in [2.45, 2.75) is 13.0 Å². The normalized spacial score (nSPS) is 11.4. The van der Waals surface area contributed by atoms with E-state index in [1.165, 1.54) is 11.3 Å². The Kier molecular flexibility index (Phi) is 4.75. The molecular formula is C15H14N2O2S. The second kappa shape index (κ2) is 6.73. The van der Waals surface area contributed by atoms with E-state index in [9.17, 15) is 4.79 Å². The van der Waals surface area contributed by atoms with Crippen LogP contribution in [0.1, 0.15) is 28.9 Å². The maximum absolute atomic E-state index is 12.2. The average Bonchev–Trinajstić information content (AvgIpc) is 2.99. The molecule has 4 nitrogen and oxygen atoms in total. The number of hydrogen-bond donors (Lipinski definition) is 1. The molecule has 1 aromatic heterocycles. The van der Waals surface area contributed by atoms with Gasteiger partial charge in [-0.2, -0.15) is 16.6 Å². The largest absolute Gasteiger partial charge is 0.494 e. The maximum atomic E-state index is 12.2. The van der Waals surface area contributed by atoms with Crippen molar-refractivity contribution < 1.29 is 9.53 Å². The minimum Gasteiger partial charge on any atom is -0.494 e. The Labute approximate surface area is 121 Å². The molecule has 1 N–H and O–H groups in total. The van der Waals surface area contributed by atoms with Crippen molar-refractivity contribution in [2.24, 2.45) is 0 Å². The van der Waals surface area contributed by atoms with Crippen LogP contribution in [0.3, 0.4) is 0 Å². The van der Waals surface area contributed by atoms with Gasteiger partial charge in [-0.3, -0.25) is 4.79 Å². The number of hydrogen-bond acceptors (Lipinski definition) is 4. The lowest BCUT2D eigenvalue weighted by Gasteiger charge is -2.11. The van der Waals surface area contributed by atoms with Crippen LogP contribution in [-0.2, 0) is 0 Å². The van der Waals surface area contributed by atoms with Gasteiger partial charge in [0, 0.05) is 5.56 Å². The van der Waals surface area contributed by atoms with Crippen LogP contribution in [-0.4, -0.2) is 12.5 Å². The van der Waals surface area contributed by atoms with Crippen LogP contribution < -0.4 is 10.1 Å². The van der Waals surface area contributed by atoms with Crippen molar-refractivity contribution in [3.8, 4) is 11.8 Å². The number of benzene rings is 1. The lowest BCUT2D eigenvalue weighted by Crippen LogP contribution is -2.27. The van der Waals surface area contributed by atoms with Gasteiger partial charge in [-0.05, 0) is 47.5 Å². The smallest absolute Gasteiger partial charge is 0.252 e. The summed E-state index contributed by atoms with van der Waals surface area (Å²) in [6.45, 7) is 2.43. The van der Waals surface area contributed by atoms with E-state index in [-0.39, 0.29) is 5.91 Å². The zero-order valence-electron chi connectivity index (χ0n) is 11.0. The first-order valence-electron chi connectivity index (χ1n) is 6.20. The third-order valence-electron chi connectivity index (χ3n) is 2.69. The number of amides is 1. The molecule has 0 aliphatic carbocycles. The molecule has 0 saturated heterocycles. The van der Waals surface area contributed by atoms with E-state index in [0.29, 0.717) is 17.9 Å². The maximum Gasteiger partial charge on any atom is 0.252 e. The van der Waals surface area contributed by atoms with Gasteiger partial charge in [0.25, 0.3) is 5.91 Å². The number of nitriles is 1. The van der Waals surface area contributed by atoms with E-state index in [1.54, 1.807) is 24.3 Å². The van der Waals surface area contributed by atoms with Gasteiger partial charge in [0.05, 0.1) is 12.7 Å². The number of ether oxygens (including phenoxy) is 1. The van der Waals surface area contributed by atoms with Crippen LogP contribution >= 0.6 is 11.3 Å². The van der Waals surface area contributed by atoms with Crippen LogP contribution in [0.5, 0.6) is 5.75 Å². The number of carbonyl (C=O) groups excluding carboxylic acids is 1. The van der Waals surface area contributed by atoms with Crippen LogP contribution in [0.4, 0.5) is 0 Å². The highest BCUT2D eigenvalue weighted by Crippen LogP contribution is 2.18. The number of nitrogens with zero attached hydrogens (tertiary/aromatic N) is 1. The number of carbonyl (C=O) groups is 1. The first-order chi connectivity index (χ1) is 9.74. The van der Waals surface area contributed by atoms with E-state index in [1.807, 2.05) is 23.8 Å². The third-order valence-corrected chi connectivity index (χ3v) is 3.39. The van der Waals surface area contributed by atoms with Gasteiger partial charge in [-0.1, -0.05) is 6.07 Å². The van der Waals surface area contributed by atoms with Gasteiger partial charge < -0.3 is 10.1 Å². The lowest BCUT2D eigenvalue weighted by atomic mass is 10.1. The molecule has 1 heterocycles. The molecule has 20 heavy (non-hydrogen) atoms. The Morgan fingerprint density at radius 1 is 1.50 bits per heavy atom. The van der Waals surface area contributed by atoms with E-state index in [2.05, 4.69) is 11.4 Å². The molecule has 102 valence electrons. The molecule has 5 heteroatoms. The lowest BCUT2D eigenvalue weighted by molar-refractivity contribution is 0.0944. The first-order valence-corrected chi connectivity index (χ1v) is 7.14. The average molecular weight is 286 g/mol. The summed E-state index contributed by atoms with van der Waals surface area (Å²) in [6.07, 6.45) is 0. The molecule has 0 saturated carbocycles. The summed E-state index contributed by atoms with van der Waals surface area (Å²) in [5, 5.41) is 15.6. The molecule has 2 rings (SSSR count). The monoisotopic (exact) mass is 286 g/mol. The second-order valence-electron chi connectivity index (χ2n) is 4.05. The Bertz CT molecular complexity index is 617. The first kappa shape index (κ1) is 14.1. The van der Waals surface area contributed by atoms with Gasteiger partial charge >= 0.3 is 0 Å². The fourth-order valence-electron chi connectivity index (χ4n) is 1.74. The highest BCUT2D eigenvalue weighted by atomic mass is 32.1. The van der Waals surface area contributed by atoms with Crippen molar-refractivity contribution in [3.05, 3.63) is 52.2 Å². The minimum atomic E-state index is -0.635. The molecule has 0 bridgehead atoms. The summed E-state index contributed by atoms with van der Waals surface area (Å²) in [5.74, 6) is 0.355. The highest BCUT2D eigenvalue weighted by molar-refractivity contribution is 7.08. The topological polar surface area (TPSA) is 62.1 Å². The van der Waals surface area contributed by atoms with Gasteiger partial charge in [0.1, 0.15) is 11.8 Å². The zero-order valence-corrected chi connectivity index (χ0v) is 11.8. The van der Waals surface area contributed by atoms with E-state index < -0.39 is 6.04 Å². The summed E-state index contributed by atoms with van der Waals surface area (Å²) in [6, 6.07) is 10.2. The summed E-state index contributed by atoms with van der Waals surface area (Å²) in [5.41, 5.74) is 1.28. The third kappa shape index (κ3) is 3.37. The van der Waals surface area contributed by atoms with Crippen LogP contribution in [0.25, 0.3) is 0 Å². The van der Waals surface area contributed by atoms with Crippen molar-refractivity contribution in [3.63, 3.8) is 0 Å². The van der Waals surface area contributed by atoms with Crippen LogP contribution in [0.15, 0.2) is 41.1 Å². The zero-order chi connectivity index (χ0) is 14.4. The summed E-state index contributed by atoms with van der Waals surface area (Å²) in [4.78, 5) is 12.2. The Hall–Kier alpha value is -2.32. The molecule has 0 aliphatic rings. The predicted octanol–water partition coefficient (Wildman–Crippen LogP) is 3.14. The molecule has 1 amide bonds. The standard InChI is InChI=1S/C15H14N2O2S/c1-2-19-13-5-3-4-11(8-13)15(18)17-14(9-16)12-6-7-20-10-12/h3-8,10,14H,2H2,1H3,(H,17,18)/t14-/m1/s1. The van der Waals surface area contributed by atoms with Crippen molar-refractivity contribution in [2.75, 3.05) is 6.61 Å². The second-order valence-corrected chi connectivity index (χ2v) is 4.83. The van der Waals surface area contributed by atoms with E-state index >= 15 is 0 Å². The quantitative estimate of drug-likeness (QED) is 0.918. The molecule has 0 unspecified atom stereocenters. The van der Waals surface area contributed by atoms with Crippen molar-refractivity contribution in [1.29, 1.82) is 5.26 Å². The summed E-state index contributed by atoms with van der Waals surface area (Å²) < 4.78 is 5.36. The van der Waals surface area contributed by atoms with Crippen LogP contribution in [0.2, 0.25) is 0 Å². The molecule has 1 aromatic carbocycles. The molecule has 1 atom stereocenters.